The Balaban J connectivity index is 4.08. The van der Waals surface area contributed by atoms with E-state index in [1.165, 1.54) is 12.5 Å². The van der Waals surface area contributed by atoms with Crippen molar-refractivity contribution < 1.29 is 14.6 Å². The first-order valence-electron chi connectivity index (χ1n) is 7.07. The van der Waals surface area contributed by atoms with Crippen LogP contribution in [0.5, 0.6) is 0 Å². The fraction of sp³-hybridized carbons (Fsp3) is 0.533. The molecule has 5 heteroatoms. The predicted octanol–water partition coefficient (Wildman–Crippen LogP) is 4.79. The second kappa shape index (κ2) is 8.97. The first-order chi connectivity index (χ1) is 9.31. The molecule has 0 bridgehead atoms. The van der Waals surface area contributed by atoms with Crippen molar-refractivity contribution in [3.63, 3.8) is 0 Å². The van der Waals surface area contributed by atoms with E-state index in [9.17, 15) is 4.79 Å². The molecule has 0 spiro atoms. The molecule has 114 valence electrons. The molecule has 0 aromatic heterocycles. The van der Waals surface area contributed by atoms with Gasteiger partial charge >= 0.3 is 6.16 Å². The summed E-state index contributed by atoms with van der Waals surface area (Å²) in [5.41, 5.74) is 6.13. The summed E-state index contributed by atoms with van der Waals surface area (Å²) in [4.78, 5) is 10.3. The van der Waals surface area contributed by atoms with E-state index in [1.54, 1.807) is 0 Å². The van der Waals surface area contributed by atoms with Crippen LogP contribution < -0.4 is 0 Å². The van der Waals surface area contributed by atoms with Gasteiger partial charge < -0.3 is 9.84 Å². The maximum absolute atomic E-state index is 10.3. The molecule has 0 rings (SSSR count). The molecule has 0 atom stereocenters. The Labute approximate surface area is 125 Å². The Morgan fingerprint density at radius 1 is 1.05 bits per heavy atom. The summed E-state index contributed by atoms with van der Waals surface area (Å²) in [6.45, 7) is 16.8. The molecular weight excluding hydrogens is 284 g/mol. The maximum Gasteiger partial charge on any atom is 0.505 e. The van der Waals surface area contributed by atoms with Crippen LogP contribution in [-0.2, 0) is 4.74 Å². The van der Waals surface area contributed by atoms with Gasteiger partial charge in [0.1, 0.15) is 8.07 Å². The largest absolute Gasteiger partial charge is 0.505 e. The monoisotopic (exact) mass is 312 g/mol. The molecule has 0 heterocycles. The van der Waals surface area contributed by atoms with Gasteiger partial charge in [0.15, 0.2) is 0 Å². The fourth-order valence-corrected chi connectivity index (χ4v) is 7.00. The molecule has 0 saturated heterocycles. The van der Waals surface area contributed by atoms with Crippen molar-refractivity contribution in [3.05, 3.63) is 36.8 Å². The van der Waals surface area contributed by atoms with E-state index in [0.717, 1.165) is 18.5 Å². The Kier molecular flexibility index (Phi) is 8.49. The first kappa shape index (κ1) is 18.9. The van der Waals surface area contributed by atoms with Crippen LogP contribution >= 0.6 is 0 Å². The van der Waals surface area contributed by atoms with Gasteiger partial charge in [-0.3, -0.25) is 0 Å². The second-order valence-corrected chi connectivity index (χ2v) is 15.2. The minimum absolute atomic E-state index is 0.316. The third kappa shape index (κ3) is 7.50. The van der Waals surface area contributed by atoms with Crippen LogP contribution in [-0.4, -0.2) is 34.0 Å². The van der Waals surface area contributed by atoms with Crippen LogP contribution in [0.3, 0.4) is 0 Å². The highest BCUT2D eigenvalue weighted by molar-refractivity contribution is 6.93. The van der Waals surface area contributed by atoms with Crippen molar-refractivity contribution in [1.29, 1.82) is 0 Å². The zero-order chi connectivity index (χ0) is 15.6. The summed E-state index contributed by atoms with van der Waals surface area (Å²) in [5, 5.41) is 8.42. The summed E-state index contributed by atoms with van der Waals surface area (Å²) in [7, 11) is -2.93. The van der Waals surface area contributed by atoms with Crippen LogP contribution in [0.25, 0.3) is 0 Å². The maximum atomic E-state index is 10.3. The van der Waals surface area contributed by atoms with Gasteiger partial charge in [0.05, 0.1) is 6.61 Å². The summed E-state index contributed by atoms with van der Waals surface area (Å²) in [5.74, 6) is 0. The highest BCUT2D eigenvalue weighted by Gasteiger charge is 2.25. The Morgan fingerprint density at radius 2 is 1.55 bits per heavy atom. The summed E-state index contributed by atoms with van der Waals surface area (Å²) in [6, 6.07) is 3.47. The lowest BCUT2D eigenvalue weighted by Crippen LogP contribution is -2.30. The molecule has 0 aromatic rings. The molecule has 3 nitrogen and oxygen atoms in total. The van der Waals surface area contributed by atoms with Gasteiger partial charge in [-0.05, 0) is 12.5 Å². The van der Waals surface area contributed by atoms with Crippen LogP contribution in [0.4, 0.5) is 4.79 Å². The smallest absolute Gasteiger partial charge is 0.450 e. The van der Waals surface area contributed by atoms with Crippen molar-refractivity contribution >= 4 is 22.3 Å². The molecule has 0 saturated carbocycles. The molecule has 0 aliphatic heterocycles. The molecule has 0 aliphatic carbocycles. The van der Waals surface area contributed by atoms with Gasteiger partial charge in [-0.2, -0.15) is 0 Å². The lowest BCUT2D eigenvalue weighted by atomic mass is 10.5. The third-order valence-corrected chi connectivity index (χ3v) is 10.7. The van der Waals surface area contributed by atoms with Crippen molar-refractivity contribution in [3.8, 4) is 0 Å². The van der Waals surface area contributed by atoms with Crippen LogP contribution in [0.15, 0.2) is 36.8 Å². The lowest BCUT2D eigenvalue weighted by molar-refractivity contribution is 0.0917. The van der Waals surface area contributed by atoms with Crippen molar-refractivity contribution in [2.45, 2.75) is 44.1 Å². The Morgan fingerprint density at radius 3 is 2.00 bits per heavy atom. The van der Waals surface area contributed by atoms with Crippen molar-refractivity contribution in [1.82, 2.24) is 0 Å². The van der Waals surface area contributed by atoms with E-state index < -0.39 is 22.3 Å². The lowest BCUT2D eigenvalue weighted by Gasteiger charge is -2.25. The highest BCUT2D eigenvalue weighted by atomic mass is 28.3. The molecule has 0 aromatic carbocycles. The molecule has 20 heavy (non-hydrogen) atoms. The number of hydrogen-bond acceptors (Lipinski definition) is 2. The number of hydrogen-bond donors (Lipinski definition) is 1. The van der Waals surface area contributed by atoms with Gasteiger partial charge in [0.25, 0.3) is 0 Å². The molecule has 0 fully saturated rings. The molecule has 0 unspecified atom stereocenters. The molecule has 1 N–H and O–H groups in total. The first-order valence-corrected chi connectivity index (χ1v) is 12.9. The van der Waals surface area contributed by atoms with Gasteiger partial charge in [0.2, 0.25) is 0 Å². The van der Waals surface area contributed by atoms with E-state index in [0.29, 0.717) is 6.61 Å². The van der Waals surface area contributed by atoms with E-state index in [4.69, 9.17) is 5.11 Å². The molecule has 0 radical (unpaired) electrons. The van der Waals surface area contributed by atoms with Crippen LogP contribution in [0.1, 0.15) is 12.8 Å². The van der Waals surface area contributed by atoms with E-state index in [2.05, 4.69) is 37.6 Å². The molecule has 0 amide bonds. The second-order valence-electron chi connectivity index (χ2n) is 5.96. The topological polar surface area (TPSA) is 46.5 Å². The van der Waals surface area contributed by atoms with Crippen LogP contribution in [0, 0.1) is 0 Å². The van der Waals surface area contributed by atoms with E-state index >= 15 is 0 Å². The molecular formula is C15H28O3Si2. The Hall–Kier alpha value is -1.08. The number of rotatable bonds is 11. The van der Waals surface area contributed by atoms with Crippen molar-refractivity contribution in [2.75, 3.05) is 6.61 Å². The number of carboxylic acid groups (broad SMARTS) is 1. The van der Waals surface area contributed by atoms with Gasteiger partial charge in [-0.25, -0.2) is 4.79 Å². The van der Waals surface area contributed by atoms with Crippen molar-refractivity contribution in [2.24, 2.45) is 0 Å². The van der Waals surface area contributed by atoms with E-state index in [-0.39, 0.29) is 0 Å². The third-order valence-electron chi connectivity index (χ3n) is 3.83. The fourth-order valence-electron chi connectivity index (χ4n) is 2.26. The van der Waals surface area contributed by atoms with Gasteiger partial charge in [-0.1, -0.05) is 48.7 Å². The van der Waals surface area contributed by atoms with Gasteiger partial charge in [0, 0.05) is 8.07 Å². The quantitative estimate of drug-likeness (QED) is 0.339. The van der Waals surface area contributed by atoms with Gasteiger partial charge in [-0.15, -0.1) is 19.7 Å². The predicted molar refractivity (Wildman–Crippen MR) is 91.5 cm³/mol. The summed E-state index contributed by atoms with van der Waals surface area (Å²) in [6.07, 6.45) is 0.830. The minimum atomic E-state index is -1.66. The zero-order valence-electron chi connectivity index (χ0n) is 12.9. The highest BCUT2D eigenvalue weighted by Crippen LogP contribution is 2.25. The van der Waals surface area contributed by atoms with Crippen LogP contribution in [0.2, 0.25) is 31.2 Å². The number of carbonyl (C=O) groups is 1. The average molecular weight is 313 g/mol. The standard InChI is InChI=1S/C15H28O3Si2/c1-6-20(7-2,8-3)14-10-13-19(4,5)12-9-11-18-15(16)17/h6-8H,1-3,9-14H2,4-5H3,(H,16,17). The normalized spacial score (nSPS) is 11.7. The summed E-state index contributed by atoms with van der Waals surface area (Å²) < 4.78 is 4.55. The van der Waals surface area contributed by atoms with E-state index in [1.807, 2.05) is 17.1 Å². The molecule has 0 aliphatic rings. The number of ether oxygens (including phenoxy) is 1. The average Bonchev–Trinajstić information content (AvgIpc) is 2.40. The SMILES string of the molecule is C=C[Si](C=C)(C=C)CCC[Si](C)(C)CCCOC(=O)O. The summed E-state index contributed by atoms with van der Waals surface area (Å²) >= 11 is 0. The zero-order valence-corrected chi connectivity index (χ0v) is 14.9. The Bertz CT molecular complexity index is 329. The minimum Gasteiger partial charge on any atom is -0.450 e.